The Hall–Kier alpha value is -1.30. The first kappa shape index (κ1) is 14.6. The maximum absolute atomic E-state index is 5.74. The number of rotatable bonds is 5. The lowest BCUT2D eigenvalue weighted by Crippen LogP contribution is -2.28. The first-order chi connectivity index (χ1) is 10.4. The molecule has 0 spiro atoms. The van der Waals surface area contributed by atoms with Gasteiger partial charge in [0.2, 0.25) is 0 Å². The summed E-state index contributed by atoms with van der Waals surface area (Å²) >= 11 is 0. The molecule has 1 saturated heterocycles. The molecule has 0 radical (unpaired) electrons. The lowest BCUT2D eigenvalue weighted by Gasteiger charge is -2.19. The van der Waals surface area contributed by atoms with Crippen LogP contribution in [0.25, 0.3) is 0 Å². The highest BCUT2D eigenvalue weighted by atomic mass is 16.5. The highest BCUT2D eigenvalue weighted by Gasteiger charge is 2.20. The number of hydrazine groups is 1. The van der Waals surface area contributed by atoms with Crippen molar-refractivity contribution in [2.24, 2.45) is 5.84 Å². The number of ether oxygens (including phenoxy) is 3. The van der Waals surface area contributed by atoms with Gasteiger partial charge in [0.05, 0.1) is 19.3 Å². The molecule has 5 heteroatoms. The molecule has 1 aromatic carbocycles. The van der Waals surface area contributed by atoms with Crippen molar-refractivity contribution in [1.29, 1.82) is 0 Å². The molecule has 3 N–H and O–H groups in total. The summed E-state index contributed by atoms with van der Waals surface area (Å²) in [5.74, 6) is 7.38. The number of hydrogen-bond acceptors (Lipinski definition) is 5. The topological polar surface area (TPSA) is 65.7 Å². The molecular weight excluding hydrogens is 268 g/mol. The fourth-order valence-electron chi connectivity index (χ4n) is 2.97. The zero-order valence-electron chi connectivity index (χ0n) is 12.3. The van der Waals surface area contributed by atoms with Gasteiger partial charge in [0.1, 0.15) is 0 Å². The van der Waals surface area contributed by atoms with Crippen molar-refractivity contribution in [3.63, 3.8) is 0 Å². The quantitative estimate of drug-likeness (QED) is 0.644. The van der Waals surface area contributed by atoms with Crippen LogP contribution >= 0.6 is 0 Å². The summed E-state index contributed by atoms with van der Waals surface area (Å²) < 4.78 is 17.1. The standard InChI is InChI=1S/C16H24N2O3/c17-18-14(6-5-13-3-1-8-19-13)12-4-7-15-16(11-12)21-10-2-9-20-15/h4,7,11,13-14,18H,1-3,5-6,8-10,17H2. The van der Waals surface area contributed by atoms with Gasteiger partial charge in [-0.15, -0.1) is 0 Å². The van der Waals surface area contributed by atoms with Crippen LogP contribution in [0.4, 0.5) is 0 Å². The Bertz CT molecular complexity index is 461. The van der Waals surface area contributed by atoms with Gasteiger partial charge in [-0.3, -0.25) is 11.3 Å². The van der Waals surface area contributed by atoms with E-state index >= 15 is 0 Å². The molecule has 5 nitrogen and oxygen atoms in total. The molecule has 1 fully saturated rings. The number of benzene rings is 1. The molecule has 21 heavy (non-hydrogen) atoms. The van der Waals surface area contributed by atoms with E-state index in [0.29, 0.717) is 19.3 Å². The Morgan fingerprint density at radius 1 is 1.14 bits per heavy atom. The minimum Gasteiger partial charge on any atom is -0.490 e. The van der Waals surface area contributed by atoms with Crippen molar-refractivity contribution < 1.29 is 14.2 Å². The molecule has 116 valence electrons. The Morgan fingerprint density at radius 3 is 2.76 bits per heavy atom. The SMILES string of the molecule is NNC(CCC1CCCO1)c1ccc2c(c1)OCCCO2. The van der Waals surface area contributed by atoms with Gasteiger partial charge < -0.3 is 14.2 Å². The summed E-state index contributed by atoms with van der Waals surface area (Å²) in [5, 5.41) is 0. The first-order valence-corrected chi connectivity index (χ1v) is 7.84. The van der Waals surface area contributed by atoms with Gasteiger partial charge in [-0.05, 0) is 43.4 Å². The van der Waals surface area contributed by atoms with Crippen molar-refractivity contribution in [3.05, 3.63) is 23.8 Å². The second-order valence-corrected chi connectivity index (χ2v) is 5.69. The molecule has 1 aromatic rings. The molecule has 0 aromatic heterocycles. The fraction of sp³-hybridized carbons (Fsp3) is 0.625. The van der Waals surface area contributed by atoms with E-state index in [0.717, 1.165) is 42.9 Å². The summed E-state index contributed by atoms with van der Waals surface area (Å²) in [4.78, 5) is 0. The third-order valence-electron chi connectivity index (χ3n) is 4.18. The van der Waals surface area contributed by atoms with Crippen molar-refractivity contribution in [2.45, 2.75) is 44.2 Å². The van der Waals surface area contributed by atoms with E-state index < -0.39 is 0 Å². The first-order valence-electron chi connectivity index (χ1n) is 7.84. The third-order valence-corrected chi connectivity index (χ3v) is 4.18. The van der Waals surface area contributed by atoms with E-state index in [2.05, 4.69) is 11.5 Å². The Morgan fingerprint density at radius 2 is 2.00 bits per heavy atom. The number of fused-ring (bicyclic) bond motifs is 1. The van der Waals surface area contributed by atoms with Crippen LogP contribution in [0, 0.1) is 0 Å². The van der Waals surface area contributed by atoms with Gasteiger partial charge >= 0.3 is 0 Å². The molecule has 2 unspecified atom stereocenters. The van der Waals surface area contributed by atoms with Gasteiger partial charge in [0.25, 0.3) is 0 Å². The molecule has 2 aliphatic heterocycles. The van der Waals surface area contributed by atoms with E-state index in [9.17, 15) is 0 Å². The maximum atomic E-state index is 5.74. The summed E-state index contributed by atoms with van der Waals surface area (Å²) in [6, 6.07) is 6.20. The van der Waals surface area contributed by atoms with E-state index in [-0.39, 0.29) is 6.04 Å². The van der Waals surface area contributed by atoms with Gasteiger partial charge in [-0.2, -0.15) is 0 Å². The predicted molar refractivity (Wildman–Crippen MR) is 80.3 cm³/mol. The van der Waals surface area contributed by atoms with Crippen molar-refractivity contribution in [1.82, 2.24) is 5.43 Å². The molecule has 2 heterocycles. The lowest BCUT2D eigenvalue weighted by atomic mass is 9.99. The van der Waals surface area contributed by atoms with E-state index in [1.54, 1.807) is 0 Å². The van der Waals surface area contributed by atoms with Crippen LogP contribution in [0.2, 0.25) is 0 Å². The zero-order chi connectivity index (χ0) is 14.5. The molecule has 0 bridgehead atoms. The van der Waals surface area contributed by atoms with Crippen LogP contribution in [0.3, 0.4) is 0 Å². The second-order valence-electron chi connectivity index (χ2n) is 5.69. The van der Waals surface area contributed by atoms with Crippen molar-refractivity contribution in [3.8, 4) is 11.5 Å². The highest BCUT2D eigenvalue weighted by Crippen LogP contribution is 2.33. The van der Waals surface area contributed by atoms with Crippen LogP contribution < -0.4 is 20.7 Å². The average molecular weight is 292 g/mol. The number of nitrogens with two attached hydrogens (primary N) is 1. The second kappa shape index (κ2) is 7.11. The minimum absolute atomic E-state index is 0.117. The van der Waals surface area contributed by atoms with E-state index in [1.807, 2.05) is 12.1 Å². The van der Waals surface area contributed by atoms with Crippen LogP contribution in [0.5, 0.6) is 11.5 Å². The molecule has 0 saturated carbocycles. The van der Waals surface area contributed by atoms with Gasteiger partial charge in [0, 0.05) is 19.1 Å². The highest BCUT2D eigenvalue weighted by molar-refractivity contribution is 5.44. The summed E-state index contributed by atoms with van der Waals surface area (Å²) in [6.07, 6.45) is 5.64. The lowest BCUT2D eigenvalue weighted by molar-refractivity contribution is 0.0996. The van der Waals surface area contributed by atoms with Crippen LogP contribution in [0.15, 0.2) is 18.2 Å². The fourth-order valence-corrected chi connectivity index (χ4v) is 2.97. The number of hydrogen-bond donors (Lipinski definition) is 2. The van der Waals surface area contributed by atoms with Crippen LogP contribution in [0.1, 0.15) is 43.7 Å². The molecule has 2 atom stereocenters. The Kier molecular flexibility index (Phi) is 4.95. The van der Waals surface area contributed by atoms with Crippen LogP contribution in [-0.2, 0) is 4.74 Å². The number of nitrogens with one attached hydrogen (secondary N) is 1. The normalized spacial score (nSPS) is 22.8. The Labute approximate surface area is 125 Å². The summed E-state index contributed by atoms with van der Waals surface area (Å²) in [5.41, 5.74) is 4.05. The van der Waals surface area contributed by atoms with Gasteiger partial charge in [-0.25, -0.2) is 0 Å². The monoisotopic (exact) mass is 292 g/mol. The minimum atomic E-state index is 0.117. The smallest absolute Gasteiger partial charge is 0.161 e. The third kappa shape index (κ3) is 3.67. The van der Waals surface area contributed by atoms with Gasteiger partial charge in [0.15, 0.2) is 11.5 Å². The molecule has 3 rings (SSSR count). The van der Waals surface area contributed by atoms with Crippen molar-refractivity contribution in [2.75, 3.05) is 19.8 Å². The maximum Gasteiger partial charge on any atom is 0.161 e. The Balaban J connectivity index is 1.66. The van der Waals surface area contributed by atoms with Gasteiger partial charge in [-0.1, -0.05) is 6.07 Å². The van der Waals surface area contributed by atoms with E-state index in [1.165, 1.54) is 12.8 Å². The molecular formula is C16H24N2O3. The van der Waals surface area contributed by atoms with E-state index in [4.69, 9.17) is 20.1 Å². The summed E-state index contributed by atoms with van der Waals surface area (Å²) in [6.45, 7) is 2.31. The summed E-state index contributed by atoms with van der Waals surface area (Å²) in [7, 11) is 0. The largest absolute Gasteiger partial charge is 0.490 e. The zero-order valence-corrected chi connectivity index (χ0v) is 12.3. The average Bonchev–Trinajstić information content (AvgIpc) is 2.92. The van der Waals surface area contributed by atoms with Crippen LogP contribution in [-0.4, -0.2) is 25.9 Å². The molecule has 0 amide bonds. The predicted octanol–water partition coefficient (Wildman–Crippen LogP) is 2.31. The molecule has 0 aliphatic carbocycles. The molecule has 2 aliphatic rings. The van der Waals surface area contributed by atoms with Crippen molar-refractivity contribution >= 4 is 0 Å².